The van der Waals surface area contributed by atoms with Crippen molar-refractivity contribution in [3.8, 4) is 5.75 Å². The molecule has 0 spiro atoms. The molecule has 1 aromatic carbocycles. The first-order chi connectivity index (χ1) is 13.4. The summed E-state index contributed by atoms with van der Waals surface area (Å²) >= 11 is 1.36. The fourth-order valence-corrected chi connectivity index (χ4v) is 4.11. The van der Waals surface area contributed by atoms with E-state index >= 15 is 0 Å². The Morgan fingerprint density at radius 1 is 1.18 bits per heavy atom. The summed E-state index contributed by atoms with van der Waals surface area (Å²) < 4.78 is 5.47. The van der Waals surface area contributed by atoms with Crippen LogP contribution in [0.15, 0.2) is 24.3 Å². The Kier molecular flexibility index (Phi) is 5.89. The summed E-state index contributed by atoms with van der Waals surface area (Å²) in [6.45, 7) is 8.00. The van der Waals surface area contributed by atoms with Crippen molar-refractivity contribution in [2.75, 3.05) is 18.5 Å². The van der Waals surface area contributed by atoms with Crippen LogP contribution >= 0.6 is 11.3 Å². The molecule has 2 heterocycles. The van der Waals surface area contributed by atoms with Gasteiger partial charge in [0.2, 0.25) is 0 Å². The van der Waals surface area contributed by atoms with E-state index in [4.69, 9.17) is 4.74 Å². The van der Waals surface area contributed by atoms with E-state index in [0.29, 0.717) is 28.7 Å². The molecule has 2 N–H and O–H groups in total. The highest BCUT2D eigenvalue weighted by atomic mass is 32.1. The molecule has 0 fully saturated rings. The van der Waals surface area contributed by atoms with Gasteiger partial charge in [-0.2, -0.15) is 0 Å². The third-order valence-electron chi connectivity index (χ3n) is 4.12. The van der Waals surface area contributed by atoms with Crippen molar-refractivity contribution in [1.82, 2.24) is 15.3 Å². The van der Waals surface area contributed by atoms with Crippen molar-refractivity contribution in [2.24, 2.45) is 0 Å². The number of hydrogen-bond donors (Lipinski definition) is 2. The zero-order valence-corrected chi connectivity index (χ0v) is 17.1. The van der Waals surface area contributed by atoms with E-state index in [1.54, 1.807) is 24.3 Å². The summed E-state index contributed by atoms with van der Waals surface area (Å²) in [5.41, 5.74) is 2.34. The third kappa shape index (κ3) is 4.28. The van der Waals surface area contributed by atoms with Crippen LogP contribution in [0.3, 0.4) is 0 Å². The molecule has 0 aliphatic heterocycles. The molecular formula is C20H22N4O3S. The molecule has 0 aliphatic rings. The van der Waals surface area contributed by atoms with E-state index in [2.05, 4.69) is 20.6 Å². The summed E-state index contributed by atoms with van der Waals surface area (Å²) in [6, 6.07) is 6.96. The van der Waals surface area contributed by atoms with Crippen LogP contribution in [0.2, 0.25) is 0 Å². The van der Waals surface area contributed by atoms with Gasteiger partial charge in [0.05, 0.1) is 4.88 Å². The predicted molar refractivity (Wildman–Crippen MR) is 110 cm³/mol. The Morgan fingerprint density at radius 3 is 2.71 bits per heavy atom. The van der Waals surface area contributed by atoms with Crippen molar-refractivity contribution in [1.29, 1.82) is 0 Å². The number of thiophene rings is 1. The fourth-order valence-electron chi connectivity index (χ4n) is 2.94. The summed E-state index contributed by atoms with van der Waals surface area (Å²) in [5, 5.41) is 6.49. The number of aryl methyl sites for hydroxylation is 3. The molecule has 8 heteroatoms. The molecule has 2 amide bonds. The van der Waals surface area contributed by atoms with Crippen LogP contribution in [-0.4, -0.2) is 34.9 Å². The second kappa shape index (κ2) is 8.35. The number of rotatable bonds is 6. The maximum atomic E-state index is 12.8. The van der Waals surface area contributed by atoms with Crippen LogP contribution in [-0.2, 0) is 4.79 Å². The van der Waals surface area contributed by atoms with Gasteiger partial charge in [0.15, 0.2) is 6.61 Å². The molecule has 0 unspecified atom stereocenters. The average Bonchev–Trinajstić information content (AvgIpc) is 2.97. The summed E-state index contributed by atoms with van der Waals surface area (Å²) in [6.07, 6.45) is 0. The van der Waals surface area contributed by atoms with Gasteiger partial charge in [-0.15, -0.1) is 11.3 Å². The standard InChI is InChI=1S/C20H22N4O3S/c1-5-21-16(25)10-27-15-8-6-7-14(9-15)24-19(26)18-11(2)17-12(3)22-13(4)23-20(17)28-18/h6-9H,5,10H2,1-4H3,(H,21,25)(H,24,26). The number of anilines is 1. The molecule has 0 aliphatic carbocycles. The van der Waals surface area contributed by atoms with Gasteiger partial charge in [0.1, 0.15) is 16.4 Å². The van der Waals surface area contributed by atoms with Gasteiger partial charge in [-0.25, -0.2) is 9.97 Å². The molecule has 0 radical (unpaired) electrons. The zero-order valence-electron chi connectivity index (χ0n) is 16.3. The van der Waals surface area contributed by atoms with Crippen LogP contribution in [0.4, 0.5) is 5.69 Å². The van der Waals surface area contributed by atoms with Gasteiger partial charge in [0, 0.05) is 29.4 Å². The fraction of sp³-hybridized carbons (Fsp3) is 0.300. The van der Waals surface area contributed by atoms with Gasteiger partial charge >= 0.3 is 0 Å². The Bertz CT molecular complexity index is 1050. The SMILES string of the molecule is CCNC(=O)COc1cccc(NC(=O)c2sc3nc(C)nc(C)c3c2C)c1. The molecule has 7 nitrogen and oxygen atoms in total. The van der Waals surface area contributed by atoms with Crippen molar-refractivity contribution < 1.29 is 14.3 Å². The second-order valence-electron chi connectivity index (χ2n) is 6.32. The van der Waals surface area contributed by atoms with E-state index in [-0.39, 0.29) is 18.4 Å². The number of fused-ring (bicyclic) bond motifs is 1. The lowest BCUT2D eigenvalue weighted by atomic mass is 10.1. The van der Waals surface area contributed by atoms with Crippen molar-refractivity contribution in [2.45, 2.75) is 27.7 Å². The van der Waals surface area contributed by atoms with Crippen LogP contribution in [0, 0.1) is 20.8 Å². The number of nitrogens with zero attached hydrogens (tertiary/aromatic N) is 2. The number of aromatic nitrogens is 2. The number of carbonyl (C=O) groups is 2. The number of likely N-dealkylation sites (N-methyl/N-ethyl adjacent to an activating group) is 1. The van der Waals surface area contributed by atoms with E-state index in [1.165, 1.54) is 11.3 Å². The number of hydrogen-bond acceptors (Lipinski definition) is 6. The van der Waals surface area contributed by atoms with E-state index < -0.39 is 0 Å². The quantitative estimate of drug-likeness (QED) is 0.664. The van der Waals surface area contributed by atoms with Crippen molar-refractivity contribution >= 4 is 39.1 Å². The number of amides is 2. The zero-order chi connectivity index (χ0) is 20.3. The topological polar surface area (TPSA) is 93.2 Å². The normalized spacial score (nSPS) is 10.7. The first kappa shape index (κ1) is 19.8. The summed E-state index contributed by atoms with van der Waals surface area (Å²) in [5.74, 6) is 0.799. The first-order valence-corrected chi connectivity index (χ1v) is 9.76. The highest BCUT2D eigenvalue weighted by Crippen LogP contribution is 2.32. The average molecular weight is 398 g/mol. The van der Waals surface area contributed by atoms with Crippen molar-refractivity contribution in [3.05, 3.63) is 46.2 Å². The van der Waals surface area contributed by atoms with Gasteiger partial charge in [-0.05, 0) is 45.4 Å². The third-order valence-corrected chi connectivity index (χ3v) is 5.31. The molecule has 2 aromatic heterocycles. The smallest absolute Gasteiger partial charge is 0.266 e. The molecule has 3 rings (SSSR count). The highest BCUT2D eigenvalue weighted by molar-refractivity contribution is 7.20. The van der Waals surface area contributed by atoms with Crippen LogP contribution in [0.5, 0.6) is 5.75 Å². The second-order valence-corrected chi connectivity index (χ2v) is 7.32. The maximum Gasteiger partial charge on any atom is 0.266 e. The monoisotopic (exact) mass is 398 g/mol. The van der Waals surface area contributed by atoms with Gasteiger partial charge < -0.3 is 15.4 Å². The Balaban J connectivity index is 1.77. The van der Waals surface area contributed by atoms with Crippen LogP contribution < -0.4 is 15.4 Å². The Morgan fingerprint density at radius 2 is 1.96 bits per heavy atom. The molecule has 0 atom stereocenters. The number of benzene rings is 1. The van der Waals surface area contributed by atoms with Gasteiger partial charge in [-0.3, -0.25) is 9.59 Å². The minimum Gasteiger partial charge on any atom is -0.484 e. The molecule has 3 aromatic rings. The molecule has 0 saturated carbocycles. The lowest BCUT2D eigenvalue weighted by molar-refractivity contribution is -0.122. The Labute approximate surface area is 167 Å². The van der Waals surface area contributed by atoms with Crippen molar-refractivity contribution in [3.63, 3.8) is 0 Å². The summed E-state index contributed by atoms with van der Waals surface area (Å²) in [4.78, 5) is 34.6. The van der Waals surface area contributed by atoms with Crippen LogP contribution in [0.25, 0.3) is 10.2 Å². The minimum atomic E-state index is -0.210. The molecule has 0 saturated heterocycles. The molecule has 146 valence electrons. The largest absolute Gasteiger partial charge is 0.484 e. The highest BCUT2D eigenvalue weighted by Gasteiger charge is 2.19. The predicted octanol–water partition coefficient (Wildman–Crippen LogP) is 3.38. The van der Waals surface area contributed by atoms with Gasteiger partial charge in [0.25, 0.3) is 11.8 Å². The maximum absolute atomic E-state index is 12.8. The molecule has 28 heavy (non-hydrogen) atoms. The van der Waals surface area contributed by atoms with E-state index in [0.717, 1.165) is 21.5 Å². The molecular weight excluding hydrogens is 376 g/mol. The number of ether oxygens (including phenoxy) is 1. The minimum absolute atomic E-state index is 0.0715. The summed E-state index contributed by atoms with van der Waals surface area (Å²) in [7, 11) is 0. The lowest BCUT2D eigenvalue weighted by Gasteiger charge is -2.09. The number of nitrogens with one attached hydrogen (secondary N) is 2. The van der Waals surface area contributed by atoms with Gasteiger partial charge in [-0.1, -0.05) is 6.07 Å². The first-order valence-electron chi connectivity index (χ1n) is 8.94. The lowest BCUT2D eigenvalue weighted by Crippen LogP contribution is -2.28. The van der Waals surface area contributed by atoms with Crippen LogP contribution in [0.1, 0.15) is 33.7 Å². The Hall–Kier alpha value is -3.00. The number of carbonyl (C=O) groups excluding carboxylic acids is 2. The van der Waals surface area contributed by atoms with E-state index in [1.807, 2.05) is 27.7 Å². The van der Waals surface area contributed by atoms with E-state index in [9.17, 15) is 9.59 Å². The molecule has 0 bridgehead atoms.